The molecule has 2 N–H and O–H groups in total. The van der Waals surface area contributed by atoms with Gasteiger partial charge in [-0.1, -0.05) is 43.0 Å². The van der Waals surface area contributed by atoms with E-state index in [1.54, 1.807) is 13.2 Å². The van der Waals surface area contributed by atoms with Crippen LogP contribution in [0.15, 0.2) is 66.2 Å². The summed E-state index contributed by atoms with van der Waals surface area (Å²) in [7, 11) is 1.73. The first-order chi connectivity index (χ1) is 15.2. The maximum absolute atomic E-state index is 5.75. The Kier molecular flexibility index (Phi) is 11.2. The molecule has 0 aromatic heterocycles. The van der Waals surface area contributed by atoms with E-state index < -0.39 is 0 Å². The maximum Gasteiger partial charge on any atom is 0.191 e. The Balaban J connectivity index is 0.00000363. The molecule has 1 aliphatic heterocycles. The molecule has 1 fully saturated rings. The molecule has 2 aromatic carbocycles. The molecular weight excluding hydrogens is 515 g/mol. The molecule has 3 rings (SSSR count). The van der Waals surface area contributed by atoms with Crippen LogP contribution in [0.5, 0.6) is 11.5 Å². The van der Waals surface area contributed by atoms with Crippen molar-refractivity contribution in [3.8, 4) is 11.5 Å². The number of methoxy groups -OCH3 is 1. The van der Waals surface area contributed by atoms with Crippen molar-refractivity contribution in [3.63, 3.8) is 0 Å². The van der Waals surface area contributed by atoms with E-state index >= 15 is 0 Å². The molecule has 174 valence electrons. The number of nitrogens with one attached hydrogen (secondary N) is 2. The number of ether oxygens (including phenoxy) is 2. The van der Waals surface area contributed by atoms with E-state index in [-0.39, 0.29) is 24.0 Å². The van der Waals surface area contributed by atoms with Gasteiger partial charge in [0.25, 0.3) is 0 Å². The van der Waals surface area contributed by atoms with Crippen molar-refractivity contribution in [2.75, 3.05) is 44.8 Å². The van der Waals surface area contributed by atoms with Crippen LogP contribution in [0, 0.1) is 5.92 Å². The van der Waals surface area contributed by atoms with Gasteiger partial charge >= 0.3 is 0 Å². The van der Waals surface area contributed by atoms with Crippen molar-refractivity contribution in [1.82, 2.24) is 10.6 Å². The van der Waals surface area contributed by atoms with Gasteiger partial charge in [0.2, 0.25) is 0 Å². The molecule has 0 radical (unpaired) electrons. The SMILES string of the molecule is C=CCOc1ccccc1CN=C(NCC)NCC1CCN(c2ccccc2OC)C1.I. The van der Waals surface area contributed by atoms with E-state index in [4.69, 9.17) is 14.5 Å². The average Bonchev–Trinajstić information content (AvgIpc) is 3.29. The molecule has 0 aliphatic carbocycles. The van der Waals surface area contributed by atoms with E-state index in [1.165, 1.54) is 5.69 Å². The van der Waals surface area contributed by atoms with Crippen molar-refractivity contribution in [3.05, 3.63) is 66.7 Å². The molecule has 0 saturated carbocycles. The van der Waals surface area contributed by atoms with Gasteiger partial charge in [-0.2, -0.15) is 0 Å². The summed E-state index contributed by atoms with van der Waals surface area (Å²) in [6.07, 6.45) is 2.89. The number of anilines is 1. The zero-order valence-corrected chi connectivity index (χ0v) is 21.4. The first-order valence-electron chi connectivity index (χ1n) is 11.0. The third-order valence-corrected chi connectivity index (χ3v) is 5.35. The standard InChI is InChI=1S/C25H34N4O2.HI/c1-4-16-31-23-12-8-6-10-21(23)18-28-25(26-5-2)27-17-20-14-15-29(19-20)22-11-7-9-13-24(22)30-3;/h4,6-13,20H,1,5,14-19H2,2-3H3,(H2,26,27,28);1H. The largest absolute Gasteiger partial charge is 0.495 e. The number of para-hydroxylation sites is 3. The fraction of sp³-hybridized carbons (Fsp3) is 0.400. The number of hydrogen-bond donors (Lipinski definition) is 2. The van der Waals surface area contributed by atoms with Crippen LogP contribution in [0.1, 0.15) is 18.9 Å². The van der Waals surface area contributed by atoms with Crippen LogP contribution in [0.4, 0.5) is 5.69 Å². The minimum Gasteiger partial charge on any atom is -0.495 e. The first kappa shape index (κ1) is 25.8. The van der Waals surface area contributed by atoms with E-state index in [0.29, 0.717) is 19.1 Å². The van der Waals surface area contributed by atoms with Crippen LogP contribution >= 0.6 is 24.0 Å². The van der Waals surface area contributed by atoms with Crippen molar-refractivity contribution in [2.24, 2.45) is 10.9 Å². The minimum atomic E-state index is 0. The number of nitrogens with zero attached hydrogens (tertiary/aromatic N) is 2. The summed E-state index contributed by atoms with van der Waals surface area (Å²) in [5.74, 6) is 3.17. The highest BCUT2D eigenvalue weighted by molar-refractivity contribution is 14.0. The lowest BCUT2D eigenvalue weighted by molar-refractivity contribution is 0.359. The molecule has 32 heavy (non-hydrogen) atoms. The molecule has 0 amide bonds. The molecule has 6 nitrogen and oxygen atoms in total. The van der Waals surface area contributed by atoms with Gasteiger partial charge in [0, 0.05) is 31.7 Å². The van der Waals surface area contributed by atoms with E-state index in [0.717, 1.165) is 55.6 Å². The van der Waals surface area contributed by atoms with Gasteiger partial charge in [0.1, 0.15) is 18.1 Å². The van der Waals surface area contributed by atoms with Crippen LogP contribution in [0.25, 0.3) is 0 Å². The quantitative estimate of drug-likeness (QED) is 0.198. The number of hydrogen-bond acceptors (Lipinski definition) is 4. The Hall–Kier alpha value is -2.42. The monoisotopic (exact) mass is 550 g/mol. The fourth-order valence-electron chi connectivity index (χ4n) is 3.78. The summed E-state index contributed by atoms with van der Waals surface area (Å²) in [6, 6.07) is 16.2. The summed E-state index contributed by atoms with van der Waals surface area (Å²) >= 11 is 0. The van der Waals surface area contributed by atoms with Crippen LogP contribution in [0.2, 0.25) is 0 Å². The van der Waals surface area contributed by atoms with Crippen LogP contribution in [-0.2, 0) is 6.54 Å². The minimum absolute atomic E-state index is 0. The molecule has 0 spiro atoms. The van der Waals surface area contributed by atoms with Gasteiger partial charge in [-0.25, -0.2) is 4.99 Å². The second-order valence-electron chi connectivity index (χ2n) is 7.56. The molecule has 1 atom stereocenters. The second-order valence-corrected chi connectivity index (χ2v) is 7.56. The van der Waals surface area contributed by atoms with Gasteiger partial charge in [0.05, 0.1) is 19.3 Å². The van der Waals surface area contributed by atoms with Crippen LogP contribution in [0.3, 0.4) is 0 Å². The number of aliphatic imine (C=N–C) groups is 1. The van der Waals surface area contributed by atoms with Crippen LogP contribution < -0.4 is 25.0 Å². The Labute approximate surface area is 209 Å². The lowest BCUT2D eigenvalue weighted by atomic mass is 10.1. The Morgan fingerprint density at radius 2 is 1.91 bits per heavy atom. The molecule has 7 heteroatoms. The highest BCUT2D eigenvalue weighted by atomic mass is 127. The van der Waals surface area contributed by atoms with Gasteiger partial charge in [-0.3, -0.25) is 0 Å². The van der Waals surface area contributed by atoms with Crippen molar-refractivity contribution in [2.45, 2.75) is 19.9 Å². The fourth-order valence-corrected chi connectivity index (χ4v) is 3.78. The third kappa shape index (κ3) is 7.32. The molecule has 2 aromatic rings. The molecule has 1 heterocycles. The highest BCUT2D eigenvalue weighted by Gasteiger charge is 2.24. The third-order valence-electron chi connectivity index (χ3n) is 5.35. The lowest BCUT2D eigenvalue weighted by Crippen LogP contribution is -2.40. The second kappa shape index (κ2) is 13.9. The van der Waals surface area contributed by atoms with E-state index in [9.17, 15) is 0 Å². The van der Waals surface area contributed by atoms with Crippen molar-refractivity contribution >= 4 is 35.6 Å². The van der Waals surface area contributed by atoms with Crippen molar-refractivity contribution in [1.29, 1.82) is 0 Å². The molecular formula is C25H35IN4O2. The lowest BCUT2D eigenvalue weighted by Gasteiger charge is -2.21. The normalized spacial score (nSPS) is 15.6. The van der Waals surface area contributed by atoms with Crippen molar-refractivity contribution < 1.29 is 9.47 Å². The number of halogens is 1. The number of benzene rings is 2. The summed E-state index contributed by atoms with van der Waals surface area (Å²) < 4.78 is 11.3. The summed E-state index contributed by atoms with van der Waals surface area (Å²) in [5.41, 5.74) is 2.23. The summed E-state index contributed by atoms with van der Waals surface area (Å²) in [6.45, 7) is 10.6. The summed E-state index contributed by atoms with van der Waals surface area (Å²) in [4.78, 5) is 7.18. The smallest absolute Gasteiger partial charge is 0.191 e. The summed E-state index contributed by atoms with van der Waals surface area (Å²) in [5, 5.41) is 6.87. The topological polar surface area (TPSA) is 58.1 Å². The van der Waals surface area contributed by atoms with E-state index in [1.807, 2.05) is 36.4 Å². The van der Waals surface area contributed by atoms with E-state index in [2.05, 4.69) is 41.2 Å². The molecule has 1 aliphatic rings. The van der Waals surface area contributed by atoms with Crippen LogP contribution in [-0.4, -0.2) is 45.9 Å². The Morgan fingerprint density at radius 1 is 1.16 bits per heavy atom. The molecule has 0 bridgehead atoms. The number of rotatable bonds is 10. The highest BCUT2D eigenvalue weighted by Crippen LogP contribution is 2.31. The number of guanidine groups is 1. The van der Waals surface area contributed by atoms with Gasteiger partial charge in [0.15, 0.2) is 5.96 Å². The zero-order chi connectivity index (χ0) is 21.9. The van der Waals surface area contributed by atoms with Gasteiger partial charge in [-0.05, 0) is 37.5 Å². The Morgan fingerprint density at radius 3 is 2.66 bits per heavy atom. The van der Waals surface area contributed by atoms with Gasteiger partial charge in [-0.15, -0.1) is 24.0 Å². The maximum atomic E-state index is 5.75. The predicted molar refractivity (Wildman–Crippen MR) is 144 cm³/mol. The zero-order valence-electron chi connectivity index (χ0n) is 19.0. The molecule has 1 saturated heterocycles. The predicted octanol–water partition coefficient (Wildman–Crippen LogP) is 4.46. The average molecular weight is 550 g/mol. The molecule has 1 unspecified atom stereocenters. The first-order valence-corrected chi connectivity index (χ1v) is 11.0. The Bertz CT molecular complexity index is 875. The van der Waals surface area contributed by atoms with Gasteiger partial charge < -0.3 is 25.0 Å².